The molecule has 0 bridgehead atoms. The van der Waals surface area contributed by atoms with Crippen molar-refractivity contribution in [3.05, 3.63) is 28.8 Å². The summed E-state index contributed by atoms with van der Waals surface area (Å²) in [6.45, 7) is 2.84. The molecule has 1 fully saturated rings. The minimum Gasteiger partial charge on any atom is -0.491 e. The monoisotopic (exact) mass is 297 g/mol. The number of aliphatic hydroxyl groups excluding tert-OH is 1. The summed E-state index contributed by atoms with van der Waals surface area (Å²) in [4.78, 5) is 0. The highest BCUT2D eigenvalue weighted by atomic mass is 35.5. The zero-order valence-corrected chi connectivity index (χ0v) is 12.8. The van der Waals surface area contributed by atoms with Crippen LogP contribution in [0.2, 0.25) is 5.02 Å². The quantitative estimate of drug-likeness (QED) is 0.846. The van der Waals surface area contributed by atoms with E-state index in [9.17, 15) is 5.11 Å². The Morgan fingerprint density at radius 2 is 2.10 bits per heavy atom. The lowest BCUT2D eigenvalue weighted by Crippen LogP contribution is -2.38. The van der Waals surface area contributed by atoms with E-state index in [0.717, 1.165) is 16.3 Å². The molecular formula is C16H24ClNO2. The molecule has 112 valence electrons. The summed E-state index contributed by atoms with van der Waals surface area (Å²) < 4.78 is 5.59. The van der Waals surface area contributed by atoms with Gasteiger partial charge in [0, 0.05) is 17.6 Å². The maximum absolute atomic E-state index is 9.95. The Labute approximate surface area is 126 Å². The van der Waals surface area contributed by atoms with Gasteiger partial charge in [0.1, 0.15) is 18.5 Å². The SMILES string of the molecule is Cc1cc(OCC(O)CNC2CCCCC2)ccc1Cl. The van der Waals surface area contributed by atoms with Crippen LogP contribution < -0.4 is 10.1 Å². The predicted octanol–water partition coefficient (Wildman–Crippen LogP) is 3.31. The van der Waals surface area contributed by atoms with Crippen LogP contribution in [0, 0.1) is 6.92 Å². The highest BCUT2D eigenvalue weighted by Crippen LogP contribution is 2.21. The highest BCUT2D eigenvalue weighted by molar-refractivity contribution is 6.31. The normalized spacial score (nSPS) is 17.9. The average Bonchev–Trinajstić information content (AvgIpc) is 2.47. The third kappa shape index (κ3) is 4.97. The molecule has 2 N–H and O–H groups in total. The molecule has 1 aromatic rings. The van der Waals surface area contributed by atoms with E-state index < -0.39 is 6.10 Å². The van der Waals surface area contributed by atoms with Crippen molar-refractivity contribution in [3.8, 4) is 5.75 Å². The Morgan fingerprint density at radius 3 is 2.80 bits per heavy atom. The molecule has 0 aromatic heterocycles. The number of nitrogens with one attached hydrogen (secondary N) is 1. The number of aryl methyl sites for hydroxylation is 1. The van der Waals surface area contributed by atoms with Crippen LogP contribution in [0.25, 0.3) is 0 Å². The van der Waals surface area contributed by atoms with Crippen molar-refractivity contribution in [3.63, 3.8) is 0 Å². The lowest BCUT2D eigenvalue weighted by molar-refractivity contribution is 0.102. The first-order valence-corrected chi connectivity index (χ1v) is 7.83. The first-order valence-electron chi connectivity index (χ1n) is 7.45. The van der Waals surface area contributed by atoms with Crippen molar-refractivity contribution in [1.82, 2.24) is 5.32 Å². The number of ether oxygens (including phenoxy) is 1. The fourth-order valence-corrected chi connectivity index (χ4v) is 2.69. The summed E-state index contributed by atoms with van der Waals surface area (Å²) in [6.07, 6.45) is 5.92. The lowest BCUT2D eigenvalue weighted by atomic mass is 9.95. The molecule has 1 aliphatic rings. The molecule has 20 heavy (non-hydrogen) atoms. The molecule has 0 amide bonds. The molecule has 1 saturated carbocycles. The van der Waals surface area contributed by atoms with Gasteiger partial charge in [0.2, 0.25) is 0 Å². The molecule has 0 radical (unpaired) electrons. The summed E-state index contributed by atoms with van der Waals surface area (Å²) in [7, 11) is 0. The fourth-order valence-electron chi connectivity index (χ4n) is 2.57. The number of hydrogen-bond donors (Lipinski definition) is 2. The molecule has 0 spiro atoms. The zero-order chi connectivity index (χ0) is 14.4. The van der Waals surface area contributed by atoms with E-state index >= 15 is 0 Å². The number of benzene rings is 1. The van der Waals surface area contributed by atoms with Gasteiger partial charge in [-0.1, -0.05) is 30.9 Å². The van der Waals surface area contributed by atoms with Crippen molar-refractivity contribution in [1.29, 1.82) is 0 Å². The van der Waals surface area contributed by atoms with Gasteiger partial charge in [-0.25, -0.2) is 0 Å². The van der Waals surface area contributed by atoms with Gasteiger partial charge in [-0.3, -0.25) is 0 Å². The zero-order valence-electron chi connectivity index (χ0n) is 12.1. The van der Waals surface area contributed by atoms with Crippen LogP contribution in [-0.2, 0) is 0 Å². The molecule has 0 saturated heterocycles. The Bertz CT molecular complexity index is 419. The van der Waals surface area contributed by atoms with E-state index in [1.54, 1.807) is 0 Å². The predicted molar refractivity (Wildman–Crippen MR) is 82.6 cm³/mol. The van der Waals surface area contributed by atoms with Crippen molar-refractivity contribution < 1.29 is 9.84 Å². The fraction of sp³-hybridized carbons (Fsp3) is 0.625. The number of halogens is 1. The number of rotatable bonds is 6. The standard InChI is InChI=1S/C16H24ClNO2/c1-12-9-15(7-8-16(12)17)20-11-14(19)10-18-13-5-3-2-4-6-13/h7-9,13-14,18-19H,2-6,10-11H2,1H3. The molecule has 1 aliphatic carbocycles. The van der Waals surface area contributed by atoms with Crippen LogP contribution in [0.3, 0.4) is 0 Å². The van der Waals surface area contributed by atoms with Gasteiger partial charge in [-0.15, -0.1) is 0 Å². The highest BCUT2D eigenvalue weighted by Gasteiger charge is 2.14. The first kappa shape index (κ1) is 15.6. The van der Waals surface area contributed by atoms with Gasteiger partial charge in [0.15, 0.2) is 0 Å². The molecule has 0 aliphatic heterocycles. The van der Waals surface area contributed by atoms with Crippen molar-refractivity contribution in [2.45, 2.75) is 51.2 Å². The molecule has 2 rings (SSSR count). The van der Waals surface area contributed by atoms with E-state index in [2.05, 4.69) is 5.32 Å². The van der Waals surface area contributed by atoms with Gasteiger partial charge in [0.25, 0.3) is 0 Å². The summed E-state index contributed by atoms with van der Waals surface area (Å²) in [6, 6.07) is 6.11. The third-order valence-electron chi connectivity index (χ3n) is 3.82. The summed E-state index contributed by atoms with van der Waals surface area (Å²) in [5.74, 6) is 0.753. The molecule has 3 nitrogen and oxygen atoms in total. The van der Waals surface area contributed by atoms with Crippen LogP contribution >= 0.6 is 11.6 Å². The summed E-state index contributed by atoms with van der Waals surface area (Å²) in [5, 5.41) is 14.1. The molecular weight excluding hydrogens is 274 g/mol. The smallest absolute Gasteiger partial charge is 0.119 e. The van der Waals surface area contributed by atoms with Crippen molar-refractivity contribution >= 4 is 11.6 Å². The summed E-state index contributed by atoms with van der Waals surface area (Å²) in [5.41, 5.74) is 0.985. The Kier molecular flexibility index (Phi) is 6.14. The van der Waals surface area contributed by atoms with Gasteiger partial charge < -0.3 is 15.2 Å². The first-order chi connectivity index (χ1) is 9.65. The van der Waals surface area contributed by atoms with Crippen molar-refractivity contribution in [2.75, 3.05) is 13.2 Å². The second kappa shape index (κ2) is 7.87. The molecule has 1 unspecified atom stereocenters. The van der Waals surface area contributed by atoms with Crippen LogP contribution in [0.1, 0.15) is 37.7 Å². The second-order valence-corrected chi connectivity index (χ2v) is 6.03. The van der Waals surface area contributed by atoms with Crippen LogP contribution in [0.15, 0.2) is 18.2 Å². The van der Waals surface area contributed by atoms with E-state index in [0.29, 0.717) is 19.2 Å². The topological polar surface area (TPSA) is 41.5 Å². The molecule has 4 heteroatoms. The number of hydrogen-bond acceptors (Lipinski definition) is 3. The van der Waals surface area contributed by atoms with E-state index in [1.165, 1.54) is 32.1 Å². The lowest BCUT2D eigenvalue weighted by Gasteiger charge is -2.24. The average molecular weight is 298 g/mol. The minimum absolute atomic E-state index is 0.306. The maximum atomic E-state index is 9.95. The maximum Gasteiger partial charge on any atom is 0.119 e. The Morgan fingerprint density at radius 1 is 1.35 bits per heavy atom. The second-order valence-electron chi connectivity index (χ2n) is 5.62. The molecule has 1 atom stereocenters. The molecule has 0 heterocycles. The van der Waals surface area contributed by atoms with Gasteiger partial charge >= 0.3 is 0 Å². The minimum atomic E-state index is -0.479. The third-order valence-corrected chi connectivity index (χ3v) is 4.24. The van der Waals surface area contributed by atoms with Gasteiger partial charge in [-0.05, 0) is 43.5 Å². The van der Waals surface area contributed by atoms with E-state index in [4.69, 9.17) is 16.3 Å². The van der Waals surface area contributed by atoms with Crippen LogP contribution in [-0.4, -0.2) is 30.4 Å². The number of aliphatic hydroxyl groups is 1. The van der Waals surface area contributed by atoms with E-state index in [1.807, 2.05) is 25.1 Å². The Balaban J connectivity index is 1.68. The summed E-state index contributed by atoms with van der Waals surface area (Å²) >= 11 is 5.96. The van der Waals surface area contributed by atoms with Gasteiger partial charge in [0.05, 0.1) is 0 Å². The molecule has 1 aromatic carbocycles. The van der Waals surface area contributed by atoms with Crippen molar-refractivity contribution in [2.24, 2.45) is 0 Å². The Hall–Kier alpha value is -0.770. The van der Waals surface area contributed by atoms with Crippen LogP contribution in [0.4, 0.5) is 0 Å². The largest absolute Gasteiger partial charge is 0.491 e. The van der Waals surface area contributed by atoms with Crippen LogP contribution in [0.5, 0.6) is 5.75 Å². The van der Waals surface area contributed by atoms with Gasteiger partial charge in [-0.2, -0.15) is 0 Å². The van der Waals surface area contributed by atoms with E-state index in [-0.39, 0.29) is 0 Å².